The molecule has 0 unspecified atom stereocenters. The largest absolute Gasteiger partial charge is 0.346 e. The molecule has 1 aromatic carbocycles. The number of nitrogens with zero attached hydrogens (tertiary/aromatic N) is 2. The second-order valence-electron chi connectivity index (χ2n) is 5.79. The second kappa shape index (κ2) is 7.59. The number of hydrogen-bond acceptors (Lipinski definition) is 3. The van der Waals surface area contributed by atoms with Crippen molar-refractivity contribution in [1.82, 2.24) is 15.5 Å². The fourth-order valence-electron chi connectivity index (χ4n) is 2.33. The molecule has 2 aromatic rings. The Balaban J connectivity index is 2.01. The smallest absolute Gasteiger partial charge is 0.251 e. The molecule has 0 spiro atoms. The molecule has 0 saturated carbocycles. The first-order valence-electron chi connectivity index (χ1n) is 7.74. The summed E-state index contributed by atoms with van der Waals surface area (Å²) in [6.45, 7) is 8.01. The van der Waals surface area contributed by atoms with Crippen LogP contribution in [0.4, 0.5) is 5.69 Å². The van der Waals surface area contributed by atoms with E-state index in [1.165, 1.54) is 11.0 Å². The first-order valence-corrected chi connectivity index (χ1v) is 7.74. The van der Waals surface area contributed by atoms with E-state index in [4.69, 9.17) is 0 Å². The van der Waals surface area contributed by atoms with Crippen LogP contribution in [0.3, 0.4) is 0 Å². The monoisotopic (exact) mass is 326 g/mol. The molecule has 0 radical (unpaired) electrons. The lowest BCUT2D eigenvalue weighted by atomic mass is 10.0. The van der Waals surface area contributed by atoms with E-state index in [2.05, 4.69) is 35.9 Å². The second-order valence-corrected chi connectivity index (χ2v) is 5.79. The number of carbonyl (C=O) groups is 2. The molecule has 24 heavy (non-hydrogen) atoms. The molecule has 6 nitrogen and oxygen atoms in total. The summed E-state index contributed by atoms with van der Waals surface area (Å²) >= 11 is 0. The number of rotatable bonds is 6. The Labute approximate surface area is 141 Å². The van der Waals surface area contributed by atoms with Gasteiger partial charge in [-0.25, -0.2) is 0 Å². The zero-order valence-corrected chi connectivity index (χ0v) is 14.2. The average Bonchev–Trinajstić information content (AvgIpc) is 3.07. The Kier molecular flexibility index (Phi) is 5.52. The quantitative estimate of drug-likeness (QED) is 0.801. The number of nitrogens with one attached hydrogen (secondary N) is 2. The number of aromatic nitrogens is 2. The van der Waals surface area contributed by atoms with Gasteiger partial charge in [-0.2, -0.15) is 5.10 Å². The summed E-state index contributed by atoms with van der Waals surface area (Å²) in [5.74, 6) is -0.0379. The van der Waals surface area contributed by atoms with Gasteiger partial charge in [-0.3, -0.25) is 14.7 Å². The van der Waals surface area contributed by atoms with Gasteiger partial charge < -0.3 is 10.2 Å². The average molecular weight is 326 g/mol. The van der Waals surface area contributed by atoms with Crippen molar-refractivity contribution in [1.29, 1.82) is 0 Å². The molecule has 0 bridgehead atoms. The normalized spacial score (nSPS) is 10.5. The molecule has 0 aliphatic carbocycles. The summed E-state index contributed by atoms with van der Waals surface area (Å²) in [5.41, 5.74) is 3.23. The van der Waals surface area contributed by atoms with Crippen molar-refractivity contribution >= 4 is 17.5 Å². The predicted molar refractivity (Wildman–Crippen MR) is 93.9 cm³/mol. The summed E-state index contributed by atoms with van der Waals surface area (Å²) in [6, 6.07) is 6.83. The summed E-state index contributed by atoms with van der Waals surface area (Å²) in [6.07, 6.45) is 3.03. The lowest BCUT2D eigenvalue weighted by molar-refractivity contribution is -0.113. The van der Waals surface area contributed by atoms with E-state index in [-0.39, 0.29) is 11.8 Å². The Hall–Kier alpha value is -2.89. The van der Waals surface area contributed by atoms with Crippen LogP contribution in [-0.2, 0) is 11.3 Å². The van der Waals surface area contributed by atoms with Crippen molar-refractivity contribution < 1.29 is 9.59 Å². The van der Waals surface area contributed by atoms with Gasteiger partial charge in [0.2, 0.25) is 5.91 Å². The third-order valence-corrected chi connectivity index (χ3v) is 3.82. The molecule has 0 saturated heterocycles. The van der Waals surface area contributed by atoms with Crippen LogP contribution in [0.15, 0.2) is 43.1 Å². The van der Waals surface area contributed by atoms with Gasteiger partial charge in [0.05, 0.1) is 18.4 Å². The van der Waals surface area contributed by atoms with Crippen molar-refractivity contribution in [2.45, 2.75) is 26.3 Å². The molecule has 2 N–H and O–H groups in total. The highest BCUT2D eigenvalue weighted by Gasteiger charge is 2.12. The standard InChI is InChI=1S/C18H22N4O2/c1-5-17(23)22(4)14-8-6-13(7-9-14)18(24)19-11-16-15(12(2)3)10-20-21-16/h5-10,12H,1,11H2,2-4H3,(H,19,24)(H,20,21). The molecule has 0 atom stereocenters. The number of anilines is 1. The van der Waals surface area contributed by atoms with Crippen molar-refractivity contribution in [3.63, 3.8) is 0 Å². The molecule has 0 fully saturated rings. The van der Waals surface area contributed by atoms with E-state index in [1.807, 2.05) is 0 Å². The Morgan fingerprint density at radius 2 is 2.00 bits per heavy atom. The van der Waals surface area contributed by atoms with E-state index in [0.29, 0.717) is 23.7 Å². The number of H-pyrrole nitrogens is 1. The van der Waals surface area contributed by atoms with Crippen LogP contribution in [0, 0.1) is 0 Å². The fourth-order valence-corrected chi connectivity index (χ4v) is 2.33. The minimum absolute atomic E-state index is 0.177. The zero-order chi connectivity index (χ0) is 17.7. The van der Waals surface area contributed by atoms with Gasteiger partial charge in [0.15, 0.2) is 0 Å². The van der Waals surface area contributed by atoms with Crippen molar-refractivity contribution in [3.8, 4) is 0 Å². The van der Waals surface area contributed by atoms with Crippen LogP contribution < -0.4 is 10.2 Å². The SMILES string of the molecule is C=CC(=O)N(C)c1ccc(C(=O)NCc2[nH]ncc2C(C)C)cc1. The van der Waals surface area contributed by atoms with Crippen LogP contribution in [-0.4, -0.2) is 29.1 Å². The van der Waals surface area contributed by atoms with E-state index in [0.717, 1.165) is 11.3 Å². The van der Waals surface area contributed by atoms with Gasteiger partial charge in [-0.05, 0) is 41.8 Å². The lowest BCUT2D eigenvalue weighted by Crippen LogP contribution is -2.25. The first kappa shape index (κ1) is 17.5. The first-order chi connectivity index (χ1) is 11.4. The highest BCUT2D eigenvalue weighted by atomic mass is 16.2. The van der Waals surface area contributed by atoms with Gasteiger partial charge >= 0.3 is 0 Å². The van der Waals surface area contributed by atoms with Crippen molar-refractivity contribution in [2.24, 2.45) is 0 Å². The third kappa shape index (κ3) is 3.90. The topological polar surface area (TPSA) is 78.1 Å². The molecule has 2 rings (SSSR count). The van der Waals surface area contributed by atoms with Gasteiger partial charge in [0.25, 0.3) is 5.91 Å². The molecule has 0 aliphatic heterocycles. The molecule has 1 heterocycles. The van der Waals surface area contributed by atoms with Gasteiger partial charge in [0, 0.05) is 18.3 Å². The molecule has 6 heteroatoms. The number of benzene rings is 1. The minimum Gasteiger partial charge on any atom is -0.346 e. The summed E-state index contributed by atoms with van der Waals surface area (Å²) in [5, 5.41) is 9.82. The van der Waals surface area contributed by atoms with E-state index in [9.17, 15) is 9.59 Å². The number of amides is 2. The number of aromatic amines is 1. The fraction of sp³-hybridized carbons (Fsp3) is 0.278. The summed E-state index contributed by atoms with van der Waals surface area (Å²) < 4.78 is 0. The van der Waals surface area contributed by atoms with E-state index < -0.39 is 0 Å². The van der Waals surface area contributed by atoms with Crippen molar-refractivity contribution in [2.75, 3.05) is 11.9 Å². The van der Waals surface area contributed by atoms with E-state index >= 15 is 0 Å². The third-order valence-electron chi connectivity index (χ3n) is 3.82. The Morgan fingerprint density at radius 3 is 2.58 bits per heavy atom. The van der Waals surface area contributed by atoms with Gasteiger partial charge in [-0.15, -0.1) is 0 Å². The molecule has 2 amide bonds. The summed E-state index contributed by atoms with van der Waals surface area (Å²) in [4.78, 5) is 25.3. The summed E-state index contributed by atoms with van der Waals surface area (Å²) in [7, 11) is 1.66. The Morgan fingerprint density at radius 1 is 1.33 bits per heavy atom. The molecular weight excluding hydrogens is 304 g/mol. The maximum atomic E-state index is 12.3. The predicted octanol–water partition coefficient (Wildman–Crippen LogP) is 2.61. The van der Waals surface area contributed by atoms with Gasteiger partial charge in [-0.1, -0.05) is 20.4 Å². The molecule has 126 valence electrons. The zero-order valence-electron chi connectivity index (χ0n) is 14.2. The van der Waals surface area contributed by atoms with Crippen LogP contribution >= 0.6 is 0 Å². The number of hydrogen-bond donors (Lipinski definition) is 2. The minimum atomic E-state index is -0.201. The Bertz CT molecular complexity index is 732. The maximum Gasteiger partial charge on any atom is 0.251 e. The lowest BCUT2D eigenvalue weighted by Gasteiger charge is -2.15. The number of carbonyl (C=O) groups excluding carboxylic acids is 2. The molecule has 1 aromatic heterocycles. The van der Waals surface area contributed by atoms with Gasteiger partial charge in [0.1, 0.15) is 0 Å². The highest BCUT2D eigenvalue weighted by molar-refractivity contribution is 6.01. The van der Waals surface area contributed by atoms with Crippen LogP contribution in [0.2, 0.25) is 0 Å². The molecular formula is C18H22N4O2. The van der Waals surface area contributed by atoms with E-state index in [1.54, 1.807) is 37.5 Å². The van der Waals surface area contributed by atoms with Crippen LogP contribution in [0.1, 0.15) is 41.4 Å². The number of likely N-dealkylation sites (N-methyl/N-ethyl adjacent to an activating group) is 1. The van der Waals surface area contributed by atoms with Crippen LogP contribution in [0.5, 0.6) is 0 Å². The highest BCUT2D eigenvalue weighted by Crippen LogP contribution is 2.17. The molecule has 0 aliphatic rings. The van der Waals surface area contributed by atoms with Crippen molar-refractivity contribution in [3.05, 3.63) is 59.9 Å². The maximum absolute atomic E-state index is 12.3. The van der Waals surface area contributed by atoms with Crippen LogP contribution in [0.25, 0.3) is 0 Å².